The molecule has 2 fully saturated rings. The van der Waals surface area contributed by atoms with Gasteiger partial charge in [-0.2, -0.15) is 0 Å². The zero-order chi connectivity index (χ0) is 14.6. The molecule has 0 aromatic heterocycles. The van der Waals surface area contributed by atoms with Crippen LogP contribution in [0.4, 0.5) is 0 Å². The molecule has 118 valence electrons. The summed E-state index contributed by atoms with van der Waals surface area (Å²) in [6.45, 7) is 6.06. The van der Waals surface area contributed by atoms with Gasteiger partial charge >= 0.3 is 0 Å². The predicted molar refractivity (Wildman–Crippen MR) is 83.2 cm³/mol. The molecule has 5 heteroatoms. The van der Waals surface area contributed by atoms with Crippen LogP contribution in [0.15, 0.2) is 0 Å². The minimum Gasteiger partial charge on any atom is -0.313 e. The van der Waals surface area contributed by atoms with Crippen molar-refractivity contribution in [1.82, 2.24) is 10.0 Å². The van der Waals surface area contributed by atoms with E-state index in [1.165, 1.54) is 25.7 Å². The van der Waals surface area contributed by atoms with Gasteiger partial charge in [0.05, 0.1) is 5.75 Å². The van der Waals surface area contributed by atoms with Crippen molar-refractivity contribution in [3.63, 3.8) is 0 Å². The van der Waals surface area contributed by atoms with Crippen molar-refractivity contribution in [2.45, 2.75) is 64.8 Å². The van der Waals surface area contributed by atoms with Crippen molar-refractivity contribution in [3.05, 3.63) is 0 Å². The van der Waals surface area contributed by atoms with E-state index in [0.29, 0.717) is 12.5 Å². The lowest BCUT2D eigenvalue weighted by Gasteiger charge is -2.31. The third kappa shape index (κ3) is 4.71. The van der Waals surface area contributed by atoms with E-state index < -0.39 is 10.0 Å². The first-order valence-electron chi connectivity index (χ1n) is 8.12. The van der Waals surface area contributed by atoms with Crippen molar-refractivity contribution in [1.29, 1.82) is 0 Å². The molecule has 2 N–H and O–H groups in total. The first kappa shape index (κ1) is 16.2. The number of hydrogen-bond acceptors (Lipinski definition) is 3. The van der Waals surface area contributed by atoms with Gasteiger partial charge in [0.15, 0.2) is 0 Å². The normalized spacial score (nSPS) is 26.4. The maximum absolute atomic E-state index is 12.2. The maximum Gasteiger partial charge on any atom is 0.213 e. The molecule has 1 saturated carbocycles. The zero-order valence-electron chi connectivity index (χ0n) is 13.0. The quantitative estimate of drug-likeness (QED) is 0.758. The van der Waals surface area contributed by atoms with Gasteiger partial charge < -0.3 is 5.32 Å². The third-order valence-electron chi connectivity index (χ3n) is 4.76. The minimum absolute atomic E-state index is 0.150. The molecule has 0 amide bonds. The van der Waals surface area contributed by atoms with E-state index in [0.717, 1.165) is 25.8 Å². The lowest BCUT2D eigenvalue weighted by Crippen LogP contribution is -2.41. The molecule has 2 rings (SSSR count). The highest BCUT2D eigenvalue weighted by Crippen LogP contribution is 2.42. The monoisotopic (exact) mass is 302 g/mol. The molecule has 1 heterocycles. The number of sulfonamides is 1. The Hall–Kier alpha value is -0.130. The Morgan fingerprint density at radius 2 is 1.95 bits per heavy atom. The summed E-state index contributed by atoms with van der Waals surface area (Å²) in [5.41, 5.74) is 0.213. The van der Waals surface area contributed by atoms with Crippen molar-refractivity contribution < 1.29 is 8.42 Å². The summed E-state index contributed by atoms with van der Waals surface area (Å²) in [7, 11) is -3.14. The summed E-state index contributed by atoms with van der Waals surface area (Å²) in [6, 6.07) is 0.150. The molecule has 20 heavy (non-hydrogen) atoms. The molecular weight excluding hydrogens is 272 g/mol. The van der Waals surface area contributed by atoms with E-state index in [9.17, 15) is 8.42 Å². The Morgan fingerprint density at radius 1 is 1.25 bits per heavy atom. The molecule has 1 aliphatic heterocycles. The molecular formula is C15H30N2O2S. The maximum atomic E-state index is 12.2. The molecule has 1 aliphatic carbocycles. The lowest BCUT2D eigenvalue weighted by molar-refractivity contribution is 0.236. The van der Waals surface area contributed by atoms with Crippen molar-refractivity contribution in [2.24, 2.45) is 11.3 Å². The lowest BCUT2D eigenvalue weighted by atomic mass is 9.79. The van der Waals surface area contributed by atoms with Crippen LogP contribution in [0.5, 0.6) is 0 Å². The van der Waals surface area contributed by atoms with Crippen LogP contribution in [0.2, 0.25) is 0 Å². The topological polar surface area (TPSA) is 58.2 Å². The first-order chi connectivity index (χ1) is 9.41. The van der Waals surface area contributed by atoms with Crippen LogP contribution < -0.4 is 10.0 Å². The molecule has 1 unspecified atom stereocenters. The summed E-state index contributed by atoms with van der Waals surface area (Å²) >= 11 is 0. The van der Waals surface area contributed by atoms with Crippen LogP contribution in [0.3, 0.4) is 0 Å². The second-order valence-electron chi connectivity index (χ2n) is 7.20. The van der Waals surface area contributed by atoms with E-state index in [-0.39, 0.29) is 17.2 Å². The van der Waals surface area contributed by atoms with Gasteiger partial charge in [-0.05, 0) is 50.0 Å². The number of rotatable bonds is 7. The molecule has 0 aromatic carbocycles. The van der Waals surface area contributed by atoms with E-state index in [4.69, 9.17) is 0 Å². The fraction of sp³-hybridized carbons (Fsp3) is 1.00. The van der Waals surface area contributed by atoms with Crippen LogP contribution in [0, 0.1) is 11.3 Å². The van der Waals surface area contributed by atoms with E-state index in [1.54, 1.807) is 0 Å². The number of hydrogen-bond donors (Lipinski definition) is 2. The second-order valence-corrected chi connectivity index (χ2v) is 9.05. The standard InChI is InChI=1S/C15H30N2O2S/c1-13(2)10-15(7-3-4-8-15)12-17-20(18,19)11-14-6-5-9-16-14/h13-14,16-17H,3-12H2,1-2H3. The van der Waals surface area contributed by atoms with Gasteiger partial charge in [-0.1, -0.05) is 26.7 Å². The Morgan fingerprint density at radius 3 is 2.50 bits per heavy atom. The van der Waals surface area contributed by atoms with E-state index in [2.05, 4.69) is 23.9 Å². The van der Waals surface area contributed by atoms with Crippen LogP contribution in [0.1, 0.15) is 58.8 Å². The van der Waals surface area contributed by atoms with Gasteiger partial charge in [-0.15, -0.1) is 0 Å². The molecule has 0 bridgehead atoms. The predicted octanol–water partition coefficient (Wildman–Crippen LogP) is 2.26. The highest BCUT2D eigenvalue weighted by Gasteiger charge is 2.35. The van der Waals surface area contributed by atoms with Crippen LogP contribution in [-0.4, -0.2) is 33.3 Å². The van der Waals surface area contributed by atoms with Crippen molar-refractivity contribution in [2.75, 3.05) is 18.8 Å². The Balaban J connectivity index is 1.87. The minimum atomic E-state index is -3.14. The molecule has 2 aliphatic rings. The van der Waals surface area contributed by atoms with E-state index >= 15 is 0 Å². The Bertz CT molecular complexity index is 394. The molecule has 1 atom stereocenters. The van der Waals surface area contributed by atoms with Gasteiger partial charge in [-0.3, -0.25) is 0 Å². The SMILES string of the molecule is CC(C)CC1(CNS(=O)(=O)CC2CCCN2)CCCC1. The highest BCUT2D eigenvalue weighted by atomic mass is 32.2. The zero-order valence-corrected chi connectivity index (χ0v) is 13.8. The average Bonchev–Trinajstić information content (AvgIpc) is 2.98. The molecule has 4 nitrogen and oxygen atoms in total. The molecule has 0 radical (unpaired) electrons. The Labute approximate surface area is 124 Å². The van der Waals surface area contributed by atoms with Crippen molar-refractivity contribution >= 4 is 10.0 Å². The summed E-state index contributed by atoms with van der Waals surface area (Å²) in [5.74, 6) is 0.874. The van der Waals surface area contributed by atoms with Gasteiger partial charge in [0.1, 0.15) is 0 Å². The van der Waals surface area contributed by atoms with Crippen LogP contribution in [0.25, 0.3) is 0 Å². The fourth-order valence-electron chi connectivity index (χ4n) is 3.93. The van der Waals surface area contributed by atoms with Gasteiger partial charge in [0.25, 0.3) is 0 Å². The van der Waals surface area contributed by atoms with Crippen molar-refractivity contribution in [3.8, 4) is 0 Å². The third-order valence-corrected chi connectivity index (χ3v) is 6.18. The summed E-state index contributed by atoms with van der Waals surface area (Å²) in [6.07, 6.45) is 8.06. The van der Waals surface area contributed by atoms with Crippen LogP contribution in [-0.2, 0) is 10.0 Å². The number of nitrogens with one attached hydrogen (secondary N) is 2. The smallest absolute Gasteiger partial charge is 0.213 e. The summed E-state index contributed by atoms with van der Waals surface area (Å²) < 4.78 is 27.3. The van der Waals surface area contributed by atoms with Crippen LogP contribution >= 0.6 is 0 Å². The fourth-order valence-corrected chi connectivity index (χ4v) is 5.39. The highest BCUT2D eigenvalue weighted by molar-refractivity contribution is 7.89. The first-order valence-corrected chi connectivity index (χ1v) is 9.77. The largest absolute Gasteiger partial charge is 0.313 e. The average molecular weight is 302 g/mol. The van der Waals surface area contributed by atoms with Gasteiger partial charge in [0.2, 0.25) is 10.0 Å². The second kappa shape index (κ2) is 6.75. The molecule has 1 saturated heterocycles. The van der Waals surface area contributed by atoms with Gasteiger partial charge in [0, 0.05) is 12.6 Å². The summed E-state index contributed by atoms with van der Waals surface area (Å²) in [5, 5.41) is 3.26. The molecule has 0 spiro atoms. The Kier molecular flexibility index (Phi) is 5.49. The molecule has 0 aromatic rings. The van der Waals surface area contributed by atoms with E-state index in [1.807, 2.05) is 0 Å². The summed E-state index contributed by atoms with van der Waals surface area (Å²) in [4.78, 5) is 0. The van der Waals surface area contributed by atoms with Gasteiger partial charge in [-0.25, -0.2) is 13.1 Å².